The lowest BCUT2D eigenvalue weighted by Gasteiger charge is -2.31. The summed E-state index contributed by atoms with van der Waals surface area (Å²) in [7, 11) is 1.52. The summed E-state index contributed by atoms with van der Waals surface area (Å²) in [6.07, 6.45) is 2.38. The number of nitrogens with one attached hydrogen (secondary N) is 2. The number of carbonyl (C=O) groups is 3. The number of rotatable bonds is 10. The number of benzene rings is 2. The Labute approximate surface area is 224 Å². The van der Waals surface area contributed by atoms with E-state index >= 15 is 0 Å². The van der Waals surface area contributed by atoms with Crippen molar-refractivity contribution >= 4 is 63.5 Å². The van der Waals surface area contributed by atoms with Crippen molar-refractivity contribution in [2.75, 3.05) is 24.7 Å². The van der Waals surface area contributed by atoms with Crippen molar-refractivity contribution in [2.45, 2.75) is 38.6 Å². The zero-order valence-electron chi connectivity index (χ0n) is 20.6. The summed E-state index contributed by atoms with van der Waals surface area (Å²) in [5.41, 5.74) is 1.96. The molecule has 2 heterocycles. The summed E-state index contributed by atoms with van der Waals surface area (Å²) in [6.45, 7) is 2.67. The van der Waals surface area contributed by atoms with Gasteiger partial charge in [-0.3, -0.25) is 19.3 Å². The molecule has 9 nitrogen and oxygen atoms in total. The van der Waals surface area contributed by atoms with Crippen molar-refractivity contribution in [3.8, 4) is 5.75 Å². The van der Waals surface area contributed by atoms with Crippen molar-refractivity contribution in [2.24, 2.45) is 9.98 Å². The third-order valence-electron chi connectivity index (χ3n) is 5.87. The maximum atomic E-state index is 12.9. The van der Waals surface area contributed by atoms with E-state index in [9.17, 15) is 14.4 Å². The highest BCUT2D eigenvalue weighted by Gasteiger charge is 2.41. The quantitative estimate of drug-likeness (QED) is 0.432. The fraction of sp³-hybridized carbons (Fsp3) is 0.346. The van der Waals surface area contributed by atoms with Gasteiger partial charge in [0, 0.05) is 24.2 Å². The molecular formula is C26H28ClN5O4S. The van der Waals surface area contributed by atoms with Gasteiger partial charge in [-0.25, -0.2) is 4.99 Å². The molecule has 0 bridgehead atoms. The van der Waals surface area contributed by atoms with Crippen molar-refractivity contribution in [1.29, 1.82) is 0 Å². The Morgan fingerprint density at radius 1 is 1.16 bits per heavy atom. The van der Waals surface area contributed by atoms with Crippen LogP contribution in [0.2, 0.25) is 5.02 Å². The number of carbonyl (C=O) groups excluding carboxylic acids is 3. The first-order valence-electron chi connectivity index (χ1n) is 12.0. The number of methoxy groups -OCH3 is 1. The zero-order chi connectivity index (χ0) is 26.4. The van der Waals surface area contributed by atoms with Gasteiger partial charge in [0.25, 0.3) is 5.91 Å². The Balaban J connectivity index is 1.47. The molecule has 0 fully saturated rings. The van der Waals surface area contributed by atoms with Gasteiger partial charge >= 0.3 is 0 Å². The van der Waals surface area contributed by atoms with Crippen molar-refractivity contribution in [3.63, 3.8) is 0 Å². The van der Waals surface area contributed by atoms with Gasteiger partial charge in [-0.05, 0) is 43.2 Å². The first kappa shape index (κ1) is 26.7. The molecule has 3 amide bonds. The number of halogens is 1. The van der Waals surface area contributed by atoms with Crippen LogP contribution in [-0.4, -0.2) is 59.1 Å². The number of unbranched alkanes of at least 4 members (excludes halogenated alkanes) is 1. The lowest BCUT2D eigenvalue weighted by molar-refractivity contribution is -0.122. The van der Waals surface area contributed by atoms with Crippen LogP contribution in [0.1, 0.15) is 38.2 Å². The number of nitrogens with zero attached hydrogens (tertiary/aromatic N) is 3. The maximum absolute atomic E-state index is 12.9. The largest absolute Gasteiger partial charge is 0.495 e. The minimum Gasteiger partial charge on any atom is -0.495 e. The van der Waals surface area contributed by atoms with Crippen LogP contribution in [0.25, 0.3) is 0 Å². The third-order valence-corrected chi connectivity index (χ3v) is 7.12. The number of thioether (sulfide) groups is 1. The molecule has 194 valence electrons. The first-order valence-corrected chi connectivity index (χ1v) is 13.4. The molecule has 0 radical (unpaired) electrons. The van der Waals surface area contributed by atoms with Crippen LogP contribution in [0.4, 0.5) is 11.4 Å². The van der Waals surface area contributed by atoms with E-state index in [2.05, 4.69) is 22.5 Å². The van der Waals surface area contributed by atoms with E-state index in [-0.39, 0.29) is 29.9 Å². The van der Waals surface area contributed by atoms with Crippen LogP contribution in [0.5, 0.6) is 5.75 Å². The SMILES string of the molecule is CCCCNC(=O)CCC1C(=O)N=C2c3ccccc3N=C(SCC(=O)Nc3ccc(OC)c(Cl)c3)N21. The van der Waals surface area contributed by atoms with Crippen LogP contribution >= 0.6 is 23.4 Å². The second-order valence-electron chi connectivity index (χ2n) is 8.50. The molecule has 0 saturated carbocycles. The van der Waals surface area contributed by atoms with E-state index in [0.29, 0.717) is 46.1 Å². The van der Waals surface area contributed by atoms with Gasteiger partial charge in [0.1, 0.15) is 17.6 Å². The molecule has 0 aliphatic carbocycles. The summed E-state index contributed by atoms with van der Waals surface area (Å²) >= 11 is 7.36. The third kappa shape index (κ3) is 6.31. The molecule has 2 aliphatic heterocycles. The number of fused-ring (bicyclic) bond motifs is 3. The second-order valence-corrected chi connectivity index (χ2v) is 9.85. The zero-order valence-corrected chi connectivity index (χ0v) is 22.2. The summed E-state index contributed by atoms with van der Waals surface area (Å²) < 4.78 is 5.14. The van der Waals surface area contributed by atoms with E-state index in [1.165, 1.54) is 18.9 Å². The Morgan fingerprint density at radius 2 is 1.97 bits per heavy atom. The average Bonchev–Trinajstić information content (AvgIpc) is 3.22. The normalized spacial score (nSPS) is 15.9. The monoisotopic (exact) mass is 541 g/mol. The first-order chi connectivity index (χ1) is 17.9. The van der Waals surface area contributed by atoms with Crippen molar-refractivity contribution in [1.82, 2.24) is 10.2 Å². The molecule has 37 heavy (non-hydrogen) atoms. The topological polar surface area (TPSA) is 112 Å². The highest BCUT2D eigenvalue weighted by atomic mass is 35.5. The molecule has 2 aliphatic rings. The van der Waals surface area contributed by atoms with Gasteiger partial charge in [-0.15, -0.1) is 0 Å². The van der Waals surface area contributed by atoms with Crippen LogP contribution < -0.4 is 15.4 Å². The molecule has 0 spiro atoms. The van der Waals surface area contributed by atoms with Gasteiger partial charge in [-0.2, -0.15) is 4.99 Å². The number of hydrogen-bond acceptors (Lipinski definition) is 7. The number of amidine groups is 2. The standard InChI is InChI=1S/C26H28ClN5O4S/c1-3-4-13-28-22(33)12-10-20-25(35)31-24-17-7-5-6-8-19(17)30-26(32(20)24)37-15-23(34)29-16-9-11-21(36-2)18(27)14-16/h5-9,11,14,20H,3-4,10,12-13,15H2,1-2H3,(H,28,33)(H,29,34). The summed E-state index contributed by atoms with van der Waals surface area (Å²) in [6, 6.07) is 11.8. The summed E-state index contributed by atoms with van der Waals surface area (Å²) in [5.74, 6) is 0.377. The van der Waals surface area contributed by atoms with Gasteiger partial charge < -0.3 is 15.4 Å². The molecule has 2 N–H and O–H groups in total. The second kappa shape index (κ2) is 12.2. The molecule has 4 rings (SSSR count). The van der Waals surface area contributed by atoms with Gasteiger partial charge in [0.05, 0.1) is 23.6 Å². The molecule has 0 saturated heterocycles. The van der Waals surface area contributed by atoms with Crippen LogP contribution in [-0.2, 0) is 14.4 Å². The molecule has 0 aromatic heterocycles. The minimum atomic E-state index is -0.657. The smallest absolute Gasteiger partial charge is 0.270 e. The predicted octanol–water partition coefficient (Wildman–Crippen LogP) is 4.38. The lowest BCUT2D eigenvalue weighted by Crippen LogP contribution is -2.44. The molecule has 11 heteroatoms. The summed E-state index contributed by atoms with van der Waals surface area (Å²) in [4.78, 5) is 48.7. The molecule has 2 aromatic rings. The number of para-hydroxylation sites is 1. The fourth-order valence-corrected chi connectivity index (χ4v) is 5.11. The maximum Gasteiger partial charge on any atom is 0.270 e. The van der Waals surface area contributed by atoms with Gasteiger partial charge in [0.2, 0.25) is 11.8 Å². The van der Waals surface area contributed by atoms with E-state index in [1.54, 1.807) is 23.1 Å². The Morgan fingerprint density at radius 3 is 2.73 bits per heavy atom. The van der Waals surface area contributed by atoms with Crippen molar-refractivity contribution < 1.29 is 19.1 Å². The Hall–Kier alpha value is -3.37. The molecule has 1 atom stereocenters. The Bertz CT molecular complexity index is 1270. The van der Waals surface area contributed by atoms with Crippen LogP contribution in [0.3, 0.4) is 0 Å². The van der Waals surface area contributed by atoms with E-state index < -0.39 is 6.04 Å². The van der Waals surface area contributed by atoms with Gasteiger partial charge in [-0.1, -0.05) is 48.8 Å². The number of anilines is 1. The van der Waals surface area contributed by atoms with Gasteiger partial charge in [0.15, 0.2) is 5.17 Å². The minimum absolute atomic E-state index is 0.0485. The molecule has 2 aromatic carbocycles. The van der Waals surface area contributed by atoms with Crippen LogP contribution in [0.15, 0.2) is 52.4 Å². The van der Waals surface area contributed by atoms with E-state index in [0.717, 1.165) is 18.4 Å². The van der Waals surface area contributed by atoms with Crippen LogP contribution in [0, 0.1) is 0 Å². The van der Waals surface area contributed by atoms with E-state index in [1.807, 2.05) is 24.3 Å². The fourth-order valence-electron chi connectivity index (χ4n) is 4.01. The molecule has 1 unspecified atom stereocenters. The number of hydrogen-bond donors (Lipinski definition) is 2. The van der Waals surface area contributed by atoms with Crippen molar-refractivity contribution in [3.05, 3.63) is 53.1 Å². The predicted molar refractivity (Wildman–Crippen MR) is 147 cm³/mol. The number of amides is 3. The average molecular weight is 542 g/mol. The highest BCUT2D eigenvalue weighted by Crippen LogP contribution is 2.35. The number of ether oxygens (including phenoxy) is 1. The summed E-state index contributed by atoms with van der Waals surface area (Å²) in [5, 5.41) is 6.57. The highest BCUT2D eigenvalue weighted by molar-refractivity contribution is 8.14. The number of aliphatic imine (C=N–C) groups is 2. The lowest BCUT2D eigenvalue weighted by atomic mass is 10.1. The van der Waals surface area contributed by atoms with E-state index in [4.69, 9.17) is 21.3 Å². The Kier molecular flexibility index (Phi) is 8.83. The molecular weight excluding hydrogens is 514 g/mol.